The van der Waals surface area contributed by atoms with E-state index in [1.807, 2.05) is 0 Å². The predicted octanol–water partition coefficient (Wildman–Crippen LogP) is 6.99. The molecule has 150 valence electrons. The van der Waals surface area contributed by atoms with Crippen LogP contribution in [0.25, 0.3) is 0 Å². The Morgan fingerprint density at radius 2 is 0.897 bits per heavy atom. The summed E-state index contributed by atoms with van der Waals surface area (Å²) < 4.78 is 16.8. The zero-order valence-corrected chi connectivity index (χ0v) is 19.9. The molecule has 3 aromatic rings. The molecule has 0 saturated heterocycles. The van der Waals surface area contributed by atoms with Gasteiger partial charge in [-0.25, -0.2) is 13.5 Å². The maximum atomic E-state index is 5.66. The lowest BCUT2D eigenvalue weighted by Gasteiger charge is -2.35. The first-order chi connectivity index (χ1) is 14.1. The second-order valence-electron chi connectivity index (χ2n) is 7.28. The molecule has 0 radical (unpaired) electrons. The van der Waals surface area contributed by atoms with E-state index in [0.29, 0.717) is 0 Å². The highest BCUT2D eigenvalue weighted by atomic mass is 31.3. The molecule has 29 heavy (non-hydrogen) atoms. The van der Waals surface area contributed by atoms with E-state index in [2.05, 4.69) is 112 Å². The van der Waals surface area contributed by atoms with Crippen molar-refractivity contribution in [2.24, 2.45) is 13.5 Å². The van der Waals surface area contributed by atoms with Crippen molar-refractivity contribution in [2.75, 3.05) is 19.0 Å². The normalized spacial score (nSPS) is 28.7. The maximum Gasteiger partial charge on any atom is 0.109 e. The number of nitrogens with zero attached hydrogens (tertiary/aromatic N) is 3. The number of benzene rings is 3. The zero-order valence-electron chi connectivity index (χ0n) is 17.3. The van der Waals surface area contributed by atoms with Gasteiger partial charge in [0, 0.05) is 28.2 Å². The molecular weight excluding hydrogens is 411 g/mol. The van der Waals surface area contributed by atoms with Gasteiger partial charge in [-0.05, 0) is 6.66 Å². The largest absolute Gasteiger partial charge is 0.232 e. The van der Waals surface area contributed by atoms with Gasteiger partial charge in [-0.15, -0.1) is 0 Å². The van der Waals surface area contributed by atoms with Crippen LogP contribution in [0.15, 0.2) is 105 Å². The minimum atomic E-state index is -2.07. The molecule has 1 heterocycles. The standard InChI is InChI=1S/C23H28N3P3/c1-4-28(22-17-11-7-12-18-22)24-27(3,21-15-9-6-10-16-21)25-29(5-2,26-28)23-19-13-8-14-20-23/h6-20H,4-5H2,1-3H3/t27-,28+,29-. The number of hydrogen-bond donors (Lipinski definition) is 0. The van der Waals surface area contributed by atoms with Crippen molar-refractivity contribution in [3.05, 3.63) is 91.0 Å². The fourth-order valence-electron chi connectivity index (χ4n) is 3.85. The molecule has 3 atom stereocenters. The highest BCUT2D eigenvalue weighted by Crippen LogP contribution is 2.75. The topological polar surface area (TPSA) is 37.1 Å². The van der Waals surface area contributed by atoms with Crippen molar-refractivity contribution < 1.29 is 0 Å². The molecule has 1 aliphatic heterocycles. The van der Waals surface area contributed by atoms with E-state index in [-0.39, 0.29) is 0 Å². The van der Waals surface area contributed by atoms with Crippen LogP contribution in [0.4, 0.5) is 0 Å². The van der Waals surface area contributed by atoms with Crippen molar-refractivity contribution in [1.82, 2.24) is 0 Å². The van der Waals surface area contributed by atoms with Crippen LogP contribution in [-0.4, -0.2) is 19.0 Å². The van der Waals surface area contributed by atoms with Crippen molar-refractivity contribution in [2.45, 2.75) is 13.8 Å². The summed E-state index contributed by atoms with van der Waals surface area (Å²) in [6.45, 7) is 6.80. The predicted molar refractivity (Wildman–Crippen MR) is 133 cm³/mol. The fraction of sp³-hybridized carbons (Fsp3) is 0.217. The molecule has 4 rings (SSSR count). The first-order valence-corrected chi connectivity index (χ1v) is 16.0. The van der Waals surface area contributed by atoms with Gasteiger partial charge in [0.25, 0.3) is 0 Å². The minimum Gasteiger partial charge on any atom is -0.232 e. The van der Waals surface area contributed by atoms with E-state index >= 15 is 0 Å². The van der Waals surface area contributed by atoms with E-state index in [1.165, 1.54) is 15.9 Å². The van der Waals surface area contributed by atoms with Crippen LogP contribution in [0, 0.1) is 0 Å². The molecule has 1 aliphatic rings. The summed E-state index contributed by atoms with van der Waals surface area (Å²) in [7, 11) is -6.19. The second-order valence-corrected chi connectivity index (χ2v) is 17.0. The van der Waals surface area contributed by atoms with Crippen LogP contribution in [-0.2, 0) is 0 Å². The van der Waals surface area contributed by atoms with E-state index in [4.69, 9.17) is 13.5 Å². The Bertz CT molecular complexity index is 1110. The molecule has 0 amide bonds. The lowest BCUT2D eigenvalue weighted by Crippen LogP contribution is -2.14. The average molecular weight is 439 g/mol. The third-order valence-corrected chi connectivity index (χ3v) is 18.2. The first kappa shape index (κ1) is 20.6. The van der Waals surface area contributed by atoms with E-state index in [1.54, 1.807) is 0 Å². The van der Waals surface area contributed by atoms with E-state index in [9.17, 15) is 0 Å². The van der Waals surface area contributed by atoms with Crippen molar-refractivity contribution in [3.8, 4) is 0 Å². The van der Waals surface area contributed by atoms with Crippen LogP contribution in [0.1, 0.15) is 13.8 Å². The quantitative estimate of drug-likeness (QED) is 0.384. The molecule has 0 bridgehead atoms. The molecule has 0 unspecified atom stereocenters. The Balaban J connectivity index is 2.14. The Kier molecular flexibility index (Phi) is 5.85. The summed E-state index contributed by atoms with van der Waals surface area (Å²) in [4.78, 5) is 0. The maximum absolute atomic E-state index is 5.66. The Labute approximate surface area is 175 Å². The van der Waals surface area contributed by atoms with Gasteiger partial charge in [-0.1, -0.05) is 105 Å². The number of rotatable bonds is 5. The summed E-state index contributed by atoms with van der Waals surface area (Å²) >= 11 is 0. The van der Waals surface area contributed by atoms with Crippen LogP contribution < -0.4 is 15.9 Å². The average Bonchev–Trinajstić information content (AvgIpc) is 2.80. The highest BCUT2D eigenvalue weighted by molar-refractivity contribution is 7.93. The van der Waals surface area contributed by atoms with Crippen LogP contribution in [0.5, 0.6) is 0 Å². The van der Waals surface area contributed by atoms with Gasteiger partial charge in [0.05, 0.1) is 0 Å². The molecule has 0 N–H and O–H groups in total. The summed E-state index contributed by atoms with van der Waals surface area (Å²) in [5, 5.41) is 3.83. The number of hydrogen-bond acceptors (Lipinski definition) is 3. The molecule has 6 heteroatoms. The summed E-state index contributed by atoms with van der Waals surface area (Å²) in [5.41, 5.74) is 0. The molecule has 0 aromatic heterocycles. The first-order valence-electron chi connectivity index (χ1n) is 10.1. The Hall–Kier alpha value is -1.65. The van der Waals surface area contributed by atoms with Gasteiger partial charge in [-0.3, -0.25) is 0 Å². The molecule has 0 spiro atoms. The van der Waals surface area contributed by atoms with Crippen molar-refractivity contribution in [3.63, 3.8) is 0 Å². The summed E-state index contributed by atoms with van der Waals surface area (Å²) in [6, 6.07) is 32.2. The molecule has 0 saturated carbocycles. The van der Waals surface area contributed by atoms with Crippen LogP contribution in [0.2, 0.25) is 0 Å². The lowest BCUT2D eigenvalue weighted by atomic mass is 10.4. The SMILES string of the molecule is CC[P@@]1(c2ccccc2)=N[P@](CC)(c2ccccc2)=N[P@](C)(c2ccccc2)=N1. The van der Waals surface area contributed by atoms with Gasteiger partial charge < -0.3 is 0 Å². The van der Waals surface area contributed by atoms with Gasteiger partial charge in [-0.2, -0.15) is 0 Å². The lowest BCUT2D eigenvalue weighted by molar-refractivity contribution is 1.41. The van der Waals surface area contributed by atoms with Gasteiger partial charge >= 0.3 is 0 Å². The molecule has 3 aromatic carbocycles. The van der Waals surface area contributed by atoms with Gasteiger partial charge in [0.15, 0.2) is 0 Å². The van der Waals surface area contributed by atoms with Gasteiger partial charge in [0.1, 0.15) is 21.6 Å². The van der Waals surface area contributed by atoms with E-state index < -0.39 is 21.6 Å². The van der Waals surface area contributed by atoms with Gasteiger partial charge in [0.2, 0.25) is 0 Å². The summed E-state index contributed by atoms with van der Waals surface area (Å²) in [6.07, 6.45) is 1.90. The van der Waals surface area contributed by atoms with Crippen LogP contribution in [0.3, 0.4) is 0 Å². The second kappa shape index (κ2) is 8.23. The highest BCUT2D eigenvalue weighted by Gasteiger charge is 2.35. The zero-order chi connectivity index (χ0) is 20.4. The van der Waals surface area contributed by atoms with Crippen molar-refractivity contribution >= 4 is 37.5 Å². The van der Waals surface area contributed by atoms with Crippen LogP contribution >= 0.6 is 21.6 Å². The Morgan fingerprint density at radius 3 is 1.31 bits per heavy atom. The monoisotopic (exact) mass is 439 g/mol. The summed E-state index contributed by atoms with van der Waals surface area (Å²) in [5.74, 6) is 0. The molecule has 3 nitrogen and oxygen atoms in total. The van der Waals surface area contributed by atoms with E-state index in [0.717, 1.165) is 12.3 Å². The Morgan fingerprint density at radius 1 is 0.517 bits per heavy atom. The minimum absolute atomic E-state index is 0.948. The molecule has 0 fully saturated rings. The van der Waals surface area contributed by atoms with Crippen molar-refractivity contribution in [1.29, 1.82) is 0 Å². The molecular formula is C23H28N3P3. The third-order valence-electron chi connectivity index (χ3n) is 5.41. The third kappa shape index (κ3) is 3.77. The fourth-order valence-corrected chi connectivity index (χ4v) is 19.1. The smallest absolute Gasteiger partial charge is 0.109 e. The molecule has 0 aliphatic carbocycles.